The number of nitrogens with one attached hydrogen (secondary N) is 2. The van der Waals surface area contributed by atoms with Gasteiger partial charge in [0.15, 0.2) is 6.61 Å². The van der Waals surface area contributed by atoms with Crippen molar-refractivity contribution in [2.45, 2.75) is 6.92 Å². The van der Waals surface area contributed by atoms with Crippen LogP contribution in [-0.2, 0) is 9.59 Å². The second-order valence-electron chi connectivity index (χ2n) is 5.02. The van der Waals surface area contributed by atoms with Gasteiger partial charge < -0.3 is 10.1 Å². The maximum Gasteiger partial charge on any atom is 0.277 e. The molecular formula is C18H16N4O3. The van der Waals surface area contributed by atoms with Crippen molar-refractivity contribution in [1.29, 1.82) is 5.26 Å². The van der Waals surface area contributed by atoms with E-state index in [0.717, 1.165) is 5.56 Å². The number of nitriles is 1. The zero-order valence-electron chi connectivity index (χ0n) is 13.5. The average molecular weight is 336 g/mol. The third-order valence-corrected chi connectivity index (χ3v) is 2.99. The highest BCUT2D eigenvalue weighted by Gasteiger charge is 2.01. The van der Waals surface area contributed by atoms with Gasteiger partial charge in [0.2, 0.25) is 5.91 Å². The highest BCUT2D eigenvalue weighted by molar-refractivity contribution is 5.89. The fraction of sp³-hybridized carbons (Fsp3) is 0.111. The van der Waals surface area contributed by atoms with E-state index < -0.39 is 5.91 Å². The van der Waals surface area contributed by atoms with Gasteiger partial charge >= 0.3 is 0 Å². The molecule has 0 saturated heterocycles. The van der Waals surface area contributed by atoms with Crippen LogP contribution < -0.4 is 15.5 Å². The van der Waals surface area contributed by atoms with Gasteiger partial charge in [-0.1, -0.05) is 12.1 Å². The summed E-state index contributed by atoms with van der Waals surface area (Å²) in [5, 5.41) is 15.2. The van der Waals surface area contributed by atoms with E-state index in [1.165, 1.54) is 13.1 Å². The Morgan fingerprint density at radius 2 is 1.84 bits per heavy atom. The Labute approximate surface area is 144 Å². The second kappa shape index (κ2) is 8.84. The first-order valence-corrected chi connectivity index (χ1v) is 7.39. The number of hydrazone groups is 1. The molecule has 0 spiro atoms. The molecule has 0 saturated carbocycles. The number of rotatable bonds is 6. The SMILES string of the molecule is CC(=O)Nc1ccc(/C=N\NC(=O)COc2ccc(C#N)cc2)cc1. The number of hydrogen-bond acceptors (Lipinski definition) is 5. The molecule has 25 heavy (non-hydrogen) atoms. The van der Waals surface area contributed by atoms with E-state index in [0.29, 0.717) is 17.0 Å². The van der Waals surface area contributed by atoms with E-state index in [2.05, 4.69) is 15.8 Å². The van der Waals surface area contributed by atoms with Crippen molar-refractivity contribution in [3.05, 3.63) is 59.7 Å². The smallest absolute Gasteiger partial charge is 0.277 e. The molecule has 2 rings (SSSR count). The van der Waals surface area contributed by atoms with Crippen LogP contribution in [-0.4, -0.2) is 24.6 Å². The van der Waals surface area contributed by atoms with E-state index >= 15 is 0 Å². The van der Waals surface area contributed by atoms with Gasteiger partial charge in [-0.05, 0) is 42.0 Å². The Balaban J connectivity index is 1.77. The van der Waals surface area contributed by atoms with Gasteiger partial charge in [-0.2, -0.15) is 10.4 Å². The van der Waals surface area contributed by atoms with Crippen molar-refractivity contribution in [1.82, 2.24) is 5.43 Å². The standard InChI is InChI=1S/C18H16N4O3/c1-13(23)21-16-6-2-15(3-7-16)11-20-22-18(24)12-25-17-8-4-14(10-19)5-9-17/h2-9,11H,12H2,1H3,(H,21,23)(H,22,24)/b20-11-. The molecule has 2 aromatic carbocycles. The summed E-state index contributed by atoms with van der Waals surface area (Å²) in [4.78, 5) is 22.6. The Morgan fingerprint density at radius 1 is 1.16 bits per heavy atom. The van der Waals surface area contributed by atoms with Gasteiger partial charge in [0.25, 0.3) is 5.91 Å². The van der Waals surface area contributed by atoms with Crippen molar-refractivity contribution < 1.29 is 14.3 Å². The van der Waals surface area contributed by atoms with Crippen molar-refractivity contribution in [3.63, 3.8) is 0 Å². The molecule has 0 unspecified atom stereocenters. The van der Waals surface area contributed by atoms with Crippen LogP contribution >= 0.6 is 0 Å². The Bertz CT molecular complexity index is 806. The molecule has 2 amide bonds. The molecule has 0 aliphatic heterocycles. The maximum absolute atomic E-state index is 11.7. The first-order valence-electron chi connectivity index (χ1n) is 7.39. The fourth-order valence-corrected chi connectivity index (χ4v) is 1.84. The molecule has 7 nitrogen and oxygen atoms in total. The number of carbonyl (C=O) groups excluding carboxylic acids is 2. The lowest BCUT2D eigenvalue weighted by atomic mass is 10.2. The lowest BCUT2D eigenvalue weighted by Crippen LogP contribution is -2.24. The van der Waals surface area contributed by atoms with E-state index in [1.54, 1.807) is 48.5 Å². The molecule has 0 aromatic heterocycles. The molecule has 0 bridgehead atoms. The van der Waals surface area contributed by atoms with Gasteiger partial charge in [0.1, 0.15) is 5.75 Å². The van der Waals surface area contributed by atoms with E-state index in [-0.39, 0.29) is 12.5 Å². The first-order chi connectivity index (χ1) is 12.1. The number of ether oxygens (including phenoxy) is 1. The predicted molar refractivity (Wildman–Crippen MR) is 93.1 cm³/mol. The number of nitrogens with zero attached hydrogens (tertiary/aromatic N) is 2. The summed E-state index contributed by atoms with van der Waals surface area (Å²) in [6.45, 7) is 1.25. The number of benzene rings is 2. The Morgan fingerprint density at radius 3 is 2.44 bits per heavy atom. The molecule has 0 atom stereocenters. The van der Waals surface area contributed by atoms with Crippen LogP contribution in [0, 0.1) is 11.3 Å². The normalized spacial score (nSPS) is 10.1. The molecule has 0 radical (unpaired) electrons. The van der Waals surface area contributed by atoms with Crippen LogP contribution in [0.2, 0.25) is 0 Å². The van der Waals surface area contributed by atoms with Crippen LogP contribution in [0.3, 0.4) is 0 Å². The molecule has 2 N–H and O–H groups in total. The molecule has 0 fully saturated rings. The monoisotopic (exact) mass is 336 g/mol. The largest absolute Gasteiger partial charge is 0.484 e. The van der Waals surface area contributed by atoms with E-state index in [9.17, 15) is 9.59 Å². The highest BCUT2D eigenvalue weighted by atomic mass is 16.5. The third-order valence-electron chi connectivity index (χ3n) is 2.99. The highest BCUT2D eigenvalue weighted by Crippen LogP contribution is 2.11. The molecule has 7 heteroatoms. The zero-order chi connectivity index (χ0) is 18.1. The number of amides is 2. The lowest BCUT2D eigenvalue weighted by Gasteiger charge is -2.04. The average Bonchev–Trinajstić information content (AvgIpc) is 2.61. The molecule has 126 valence electrons. The summed E-state index contributed by atoms with van der Waals surface area (Å²) in [7, 11) is 0. The quantitative estimate of drug-likeness (QED) is 0.622. The number of hydrogen-bond donors (Lipinski definition) is 2. The minimum atomic E-state index is -0.407. The van der Waals surface area contributed by atoms with Crippen LogP contribution in [0.15, 0.2) is 53.6 Å². The molecule has 0 heterocycles. The topological polar surface area (TPSA) is 104 Å². The van der Waals surface area contributed by atoms with E-state index in [4.69, 9.17) is 10.00 Å². The molecular weight excluding hydrogens is 320 g/mol. The minimum absolute atomic E-state index is 0.143. The van der Waals surface area contributed by atoms with Crippen molar-refractivity contribution in [2.24, 2.45) is 5.10 Å². The third kappa shape index (κ3) is 6.15. The Kier molecular flexibility index (Phi) is 6.25. The fourth-order valence-electron chi connectivity index (χ4n) is 1.84. The number of anilines is 1. The van der Waals surface area contributed by atoms with Gasteiger partial charge in [-0.15, -0.1) is 0 Å². The van der Waals surface area contributed by atoms with Crippen molar-refractivity contribution in [2.75, 3.05) is 11.9 Å². The molecule has 2 aromatic rings. The summed E-state index contributed by atoms with van der Waals surface area (Å²) in [5.74, 6) is -0.0573. The van der Waals surface area contributed by atoms with Crippen LogP contribution in [0.5, 0.6) is 5.75 Å². The molecule has 0 aliphatic rings. The molecule has 0 aliphatic carbocycles. The predicted octanol–water partition coefficient (Wildman–Crippen LogP) is 2.05. The van der Waals surface area contributed by atoms with Crippen LogP contribution in [0.25, 0.3) is 0 Å². The second-order valence-corrected chi connectivity index (χ2v) is 5.02. The summed E-state index contributed by atoms with van der Waals surface area (Å²) in [6.07, 6.45) is 1.48. The summed E-state index contributed by atoms with van der Waals surface area (Å²) in [6, 6.07) is 15.4. The zero-order valence-corrected chi connectivity index (χ0v) is 13.5. The van der Waals surface area contributed by atoms with Gasteiger partial charge in [-0.25, -0.2) is 5.43 Å². The first kappa shape index (κ1) is 17.7. The van der Waals surface area contributed by atoms with Gasteiger partial charge in [0.05, 0.1) is 17.8 Å². The van der Waals surface area contributed by atoms with Crippen LogP contribution in [0.4, 0.5) is 5.69 Å². The van der Waals surface area contributed by atoms with Crippen molar-refractivity contribution in [3.8, 4) is 11.8 Å². The van der Waals surface area contributed by atoms with Crippen molar-refractivity contribution >= 4 is 23.7 Å². The summed E-state index contributed by atoms with van der Waals surface area (Å²) >= 11 is 0. The summed E-state index contributed by atoms with van der Waals surface area (Å²) < 4.78 is 5.29. The minimum Gasteiger partial charge on any atom is -0.484 e. The number of carbonyl (C=O) groups is 2. The Hall–Kier alpha value is -3.66. The van der Waals surface area contributed by atoms with Crippen LogP contribution in [0.1, 0.15) is 18.1 Å². The maximum atomic E-state index is 11.7. The lowest BCUT2D eigenvalue weighted by molar-refractivity contribution is -0.123. The van der Waals surface area contributed by atoms with Gasteiger partial charge in [-0.3, -0.25) is 9.59 Å². The van der Waals surface area contributed by atoms with E-state index in [1.807, 2.05) is 6.07 Å². The summed E-state index contributed by atoms with van der Waals surface area (Å²) in [5.41, 5.74) is 4.32. The van der Waals surface area contributed by atoms with Gasteiger partial charge in [0, 0.05) is 12.6 Å².